The lowest BCUT2D eigenvalue weighted by Crippen LogP contribution is -2.42. The zero-order valence-electron chi connectivity index (χ0n) is 11.8. The molecule has 0 aliphatic carbocycles. The van der Waals surface area contributed by atoms with Crippen molar-refractivity contribution >= 4 is 12.0 Å². The van der Waals surface area contributed by atoms with Crippen LogP contribution in [0.4, 0.5) is 4.79 Å². The van der Waals surface area contributed by atoms with Crippen molar-refractivity contribution in [2.75, 3.05) is 20.1 Å². The van der Waals surface area contributed by atoms with E-state index in [1.54, 1.807) is 14.0 Å². The van der Waals surface area contributed by atoms with Gasteiger partial charge in [-0.2, -0.15) is 0 Å². The number of nitrogens with two attached hydrogens (primary N) is 1. The number of hydrogen-bond acceptors (Lipinski definition) is 4. The van der Waals surface area contributed by atoms with Crippen LogP contribution in [0.1, 0.15) is 12.5 Å². The molecule has 1 aromatic carbocycles. The number of benzene rings is 1. The van der Waals surface area contributed by atoms with Crippen molar-refractivity contribution in [1.82, 2.24) is 10.2 Å². The van der Waals surface area contributed by atoms with E-state index in [1.807, 2.05) is 30.3 Å². The van der Waals surface area contributed by atoms with E-state index in [1.165, 1.54) is 4.90 Å². The van der Waals surface area contributed by atoms with Gasteiger partial charge in [-0.3, -0.25) is 4.79 Å². The minimum absolute atomic E-state index is 0.232. The van der Waals surface area contributed by atoms with Gasteiger partial charge in [-0.15, -0.1) is 0 Å². The molecule has 1 unspecified atom stereocenters. The van der Waals surface area contributed by atoms with E-state index in [2.05, 4.69) is 5.32 Å². The number of ether oxygens (including phenoxy) is 1. The largest absolute Gasteiger partial charge is 0.445 e. The van der Waals surface area contributed by atoms with E-state index in [-0.39, 0.29) is 12.5 Å². The van der Waals surface area contributed by atoms with Gasteiger partial charge in [0.2, 0.25) is 5.91 Å². The van der Waals surface area contributed by atoms with E-state index in [0.717, 1.165) is 5.56 Å². The fraction of sp³-hybridized carbons (Fsp3) is 0.429. The van der Waals surface area contributed by atoms with Crippen LogP contribution in [0.2, 0.25) is 0 Å². The van der Waals surface area contributed by atoms with E-state index < -0.39 is 12.1 Å². The van der Waals surface area contributed by atoms with Crippen molar-refractivity contribution in [3.8, 4) is 0 Å². The number of amides is 2. The molecule has 0 aliphatic rings. The molecule has 6 nitrogen and oxygen atoms in total. The van der Waals surface area contributed by atoms with E-state index in [9.17, 15) is 9.59 Å². The Hall–Kier alpha value is -2.08. The lowest BCUT2D eigenvalue weighted by Gasteiger charge is -2.17. The summed E-state index contributed by atoms with van der Waals surface area (Å²) >= 11 is 0. The highest BCUT2D eigenvalue weighted by Crippen LogP contribution is 2.02. The maximum atomic E-state index is 11.7. The third-order valence-corrected chi connectivity index (χ3v) is 2.68. The molecular formula is C14H21N3O3. The van der Waals surface area contributed by atoms with Crippen molar-refractivity contribution < 1.29 is 14.3 Å². The second kappa shape index (κ2) is 8.16. The third kappa shape index (κ3) is 5.71. The molecule has 3 N–H and O–H groups in total. The first-order chi connectivity index (χ1) is 9.50. The average molecular weight is 279 g/mol. The summed E-state index contributed by atoms with van der Waals surface area (Å²) in [6, 6.07) is 8.89. The van der Waals surface area contributed by atoms with Crippen LogP contribution in [0.5, 0.6) is 0 Å². The minimum atomic E-state index is -0.551. The summed E-state index contributed by atoms with van der Waals surface area (Å²) in [6.07, 6.45) is -0.427. The second-order valence-corrected chi connectivity index (χ2v) is 4.54. The third-order valence-electron chi connectivity index (χ3n) is 2.68. The van der Waals surface area contributed by atoms with Gasteiger partial charge in [0, 0.05) is 20.1 Å². The minimum Gasteiger partial charge on any atom is -0.445 e. The number of nitrogens with one attached hydrogen (secondary N) is 1. The van der Waals surface area contributed by atoms with Crippen LogP contribution < -0.4 is 11.1 Å². The molecule has 0 aliphatic heterocycles. The summed E-state index contributed by atoms with van der Waals surface area (Å²) in [7, 11) is 1.62. The molecule has 110 valence electrons. The fourth-order valence-corrected chi connectivity index (χ4v) is 1.43. The van der Waals surface area contributed by atoms with Crippen molar-refractivity contribution in [3.63, 3.8) is 0 Å². The Morgan fingerprint density at radius 3 is 2.60 bits per heavy atom. The Balaban J connectivity index is 2.24. The molecule has 6 heteroatoms. The molecule has 1 aromatic rings. The van der Waals surface area contributed by atoms with Crippen molar-refractivity contribution in [1.29, 1.82) is 0 Å². The number of rotatable bonds is 6. The molecule has 1 atom stereocenters. The van der Waals surface area contributed by atoms with Crippen LogP contribution in [0.3, 0.4) is 0 Å². The molecule has 0 bridgehead atoms. The maximum absolute atomic E-state index is 11.7. The van der Waals surface area contributed by atoms with Gasteiger partial charge < -0.3 is 20.7 Å². The van der Waals surface area contributed by atoms with Crippen LogP contribution >= 0.6 is 0 Å². The monoisotopic (exact) mass is 279 g/mol. The predicted octanol–water partition coefficient (Wildman–Crippen LogP) is 0.718. The van der Waals surface area contributed by atoms with Crippen LogP contribution in [0.25, 0.3) is 0 Å². The Morgan fingerprint density at radius 2 is 2.00 bits per heavy atom. The number of likely N-dealkylation sites (N-methyl/N-ethyl adjacent to an activating group) is 1. The Morgan fingerprint density at radius 1 is 1.35 bits per heavy atom. The SMILES string of the molecule is CC(N)C(=O)NCCN(C)C(=O)OCc1ccccc1. The van der Waals surface area contributed by atoms with Gasteiger partial charge in [0.1, 0.15) is 6.61 Å². The molecule has 0 heterocycles. The molecule has 0 radical (unpaired) electrons. The molecule has 0 saturated heterocycles. The van der Waals surface area contributed by atoms with Gasteiger partial charge in [0.05, 0.1) is 6.04 Å². The smallest absolute Gasteiger partial charge is 0.409 e. The van der Waals surface area contributed by atoms with Crippen molar-refractivity contribution in [2.45, 2.75) is 19.6 Å². The molecule has 2 amide bonds. The molecule has 20 heavy (non-hydrogen) atoms. The van der Waals surface area contributed by atoms with Crippen LogP contribution in [0.15, 0.2) is 30.3 Å². The maximum Gasteiger partial charge on any atom is 0.409 e. The van der Waals surface area contributed by atoms with Crippen LogP contribution in [-0.4, -0.2) is 43.1 Å². The lowest BCUT2D eigenvalue weighted by atomic mass is 10.2. The summed E-state index contributed by atoms with van der Waals surface area (Å²) in [5.41, 5.74) is 6.34. The number of carbonyl (C=O) groups is 2. The van der Waals surface area contributed by atoms with Crippen molar-refractivity contribution in [2.24, 2.45) is 5.73 Å². The Kier molecular flexibility index (Phi) is 6.52. The Bertz CT molecular complexity index is 435. The molecule has 0 fully saturated rings. The number of nitrogens with zero attached hydrogens (tertiary/aromatic N) is 1. The molecule has 1 rings (SSSR count). The predicted molar refractivity (Wildman–Crippen MR) is 75.9 cm³/mol. The lowest BCUT2D eigenvalue weighted by molar-refractivity contribution is -0.122. The zero-order valence-corrected chi connectivity index (χ0v) is 11.8. The summed E-state index contributed by atoms with van der Waals surface area (Å²) in [5, 5.41) is 2.63. The van der Waals surface area contributed by atoms with Crippen molar-refractivity contribution in [3.05, 3.63) is 35.9 Å². The summed E-state index contributed by atoms with van der Waals surface area (Å²) < 4.78 is 5.14. The zero-order chi connectivity index (χ0) is 15.0. The van der Waals surface area contributed by atoms with Gasteiger partial charge in [-0.05, 0) is 12.5 Å². The standard InChI is InChI=1S/C14H21N3O3/c1-11(15)13(18)16-8-9-17(2)14(19)20-10-12-6-4-3-5-7-12/h3-7,11H,8-10,15H2,1-2H3,(H,16,18). The van der Waals surface area contributed by atoms with Crippen LogP contribution in [0, 0.1) is 0 Å². The van der Waals surface area contributed by atoms with E-state index >= 15 is 0 Å². The van der Waals surface area contributed by atoms with Crippen LogP contribution in [-0.2, 0) is 16.1 Å². The number of carbonyl (C=O) groups excluding carboxylic acids is 2. The quantitative estimate of drug-likeness (QED) is 0.803. The topological polar surface area (TPSA) is 84.7 Å². The van der Waals surface area contributed by atoms with Gasteiger partial charge >= 0.3 is 6.09 Å². The second-order valence-electron chi connectivity index (χ2n) is 4.54. The molecule has 0 aromatic heterocycles. The molecule has 0 spiro atoms. The van der Waals surface area contributed by atoms with Gasteiger partial charge in [0.15, 0.2) is 0 Å². The summed E-state index contributed by atoms with van der Waals surface area (Å²) in [5.74, 6) is -0.240. The number of hydrogen-bond donors (Lipinski definition) is 2. The van der Waals surface area contributed by atoms with E-state index in [0.29, 0.717) is 13.1 Å². The van der Waals surface area contributed by atoms with E-state index in [4.69, 9.17) is 10.5 Å². The molecular weight excluding hydrogens is 258 g/mol. The highest BCUT2D eigenvalue weighted by atomic mass is 16.6. The van der Waals surface area contributed by atoms with Gasteiger partial charge in [-0.25, -0.2) is 4.79 Å². The summed E-state index contributed by atoms with van der Waals surface area (Å²) in [6.45, 7) is 2.55. The first kappa shape index (κ1) is 16.0. The normalized spacial score (nSPS) is 11.6. The first-order valence-corrected chi connectivity index (χ1v) is 6.46. The highest BCUT2D eigenvalue weighted by molar-refractivity contribution is 5.80. The Labute approximate surface area is 118 Å². The fourth-order valence-electron chi connectivity index (χ4n) is 1.43. The summed E-state index contributed by atoms with van der Waals surface area (Å²) in [4.78, 5) is 24.3. The average Bonchev–Trinajstić information content (AvgIpc) is 2.45. The molecule has 0 saturated carbocycles. The van der Waals surface area contributed by atoms with Gasteiger partial charge in [-0.1, -0.05) is 30.3 Å². The first-order valence-electron chi connectivity index (χ1n) is 6.46. The van der Waals surface area contributed by atoms with Gasteiger partial charge in [0.25, 0.3) is 0 Å². The highest BCUT2D eigenvalue weighted by Gasteiger charge is 2.11.